The van der Waals surface area contributed by atoms with E-state index >= 15 is 0 Å². The van der Waals surface area contributed by atoms with E-state index in [9.17, 15) is 14.0 Å². The first-order valence-corrected chi connectivity index (χ1v) is 18.3. The van der Waals surface area contributed by atoms with Gasteiger partial charge < -0.3 is 19.2 Å². The largest absolute Gasteiger partial charge is 0.444 e. The number of carbonyl (C=O) groups excluding carboxylic acids is 2. The number of nitrogens with zero attached hydrogens (tertiary/aromatic N) is 1. The minimum absolute atomic E-state index is 0.0472. The Bertz CT molecular complexity index is 1470. The number of amides is 2. The van der Waals surface area contributed by atoms with Gasteiger partial charge in [-0.2, -0.15) is 0 Å². The molecule has 0 spiro atoms. The number of nitrogens with one attached hydrogen (secondary N) is 1. The zero-order chi connectivity index (χ0) is 33.9. The average molecular weight is 714 g/mol. The SMILES string of the molecule is CC(C)(C)OC(=O)N1C[C@@H](C(=O)NC(C)(C)c2ccc(Br)cc2F)OC[C@H]1CO[Si](c1ccccc1)(c1ccccc1)C(C)(C)C. The van der Waals surface area contributed by atoms with Crippen LogP contribution in [0.2, 0.25) is 5.04 Å². The van der Waals surface area contributed by atoms with Crippen LogP contribution >= 0.6 is 15.9 Å². The number of halogens is 2. The van der Waals surface area contributed by atoms with E-state index < -0.39 is 49.4 Å². The molecular weight excluding hydrogens is 667 g/mol. The lowest BCUT2D eigenvalue weighted by Gasteiger charge is -2.46. The van der Waals surface area contributed by atoms with Crippen molar-refractivity contribution in [2.45, 2.75) is 83.7 Å². The number of morpholine rings is 1. The van der Waals surface area contributed by atoms with Crippen LogP contribution in [0.25, 0.3) is 0 Å². The molecule has 0 saturated carbocycles. The van der Waals surface area contributed by atoms with Gasteiger partial charge in [-0.05, 0) is 62.2 Å². The van der Waals surface area contributed by atoms with Crippen molar-refractivity contribution in [2.75, 3.05) is 19.8 Å². The highest BCUT2D eigenvalue weighted by atomic mass is 79.9. The predicted octanol–water partition coefficient (Wildman–Crippen LogP) is 6.52. The number of benzene rings is 3. The highest BCUT2D eigenvalue weighted by Crippen LogP contribution is 2.37. The van der Waals surface area contributed by atoms with Gasteiger partial charge in [0.1, 0.15) is 11.4 Å². The third-order valence-electron chi connectivity index (χ3n) is 8.16. The van der Waals surface area contributed by atoms with Crippen molar-refractivity contribution in [3.63, 3.8) is 0 Å². The predicted molar refractivity (Wildman–Crippen MR) is 185 cm³/mol. The molecule has 2 atom stereocenters. The second-order valence-electron chi connectivity index (χ2n) is 14.3. The fraction of sp³-hybridized carbons (Fsp3) is 0.444. The first kappa shape index (κ1) is 35.8. The van der Waals surface area contributed by atoms with Crippen molar-refractivity contribution in [3.05, 3.63) is 94.7 Å². The van der Waals surface area contributed by atoms with E-state index in [-0.39, 0.29) is 24.8 Å². The summed E-state index contributed by atoms with van der Waals surface area (Å²) in [6, 6.07) is 24.7. The zero-order valence-corrected chi connectivity index (χ0v) is 30.6. The van der Waals surface area contributed by atoms with Crippen molar-refractivity contribution in [1.29, 1.82) is 0 Å². The maximum atomic E-state index is 14.8. The third kappa shape index (κ3) is 8.08. The second kappa shape index (κ2) is 14.0. The molecule has 0 bridgehead atoms. The summed E-state index contributed by atoms with van der Waals surface area (Å²) in [4.78, 5) is 28.8. The zero-order valence-electron chi connectivity index (χ0n) is 28.0. The van der Waals surface area contributed by atoms with Crippen LogP contribution in [0.5, 0.6) is 0 Å². The van der Waals surface area contributed by atoms with Crippen molar-refractivity contribution in [1.82, 2.24) is 10.2 Å². The Morgan fingerprint density at radius 1 is 0.935 bits per heavy atom. The minimum atomic E-state index is -2.91. The molecule has 0 unspecified atom stereocenters. The molecule has 3 aromatic carbocycles. The quantitative estimate of drug-likeness (QED) is 0.269. The Hall–Kier alpha value is -3.05. The summed E-state index contributed by atoms with van der Waals surface area (Å²) in [6.45, 7) is 15.6. The lowest BCUT2D eigenvalue weighted by atomic mass is 9.93. The van der Waals surface area contributed by atoms with Gasteiger partial charge in [0.05, 0.1) is 31.3 Å². The molecule has 1 heterocycles. The highest BCUT2D eigenvalue weighted by Gasteiger charge is 2.51. The minimum Gasteiger partial charge on any atom is -0.444 e. The monoisotopic (exact) mass is 712 g/mol. The van der Waals surface area contributed by atoms with Crippen LogP contribution in [0.3, 0.4) is 0 Å². The van der Waals surface area contributed by atoms with Crippen molar-refractivity contribution >= 4 is 46.6 Å². The molecule has 4 rings (SSSR count). The Balaban J connectivity index is 1.62. The summed E-state index contributed by atoms with van der Waals surface area (Å²) < 4.78 is 34.5. The molecule has 1 aliphatic heterocycles. The summed E-state index contributed by atoms with van der Waals surface area (Å²) in [6.07, 6.45) is -1.54. The van der Waals surface area contributed by atoms with E-state index in [0.717, 1.165) is 10.4 Å². The van der Waals surface area contributed by atoms with Gasteiger partial charge in [0.15, 0.2) is 6.10 Å². The van der Waals surface area contributed by atoms with Gasteiger partial charge in [0, 0.05) is 10.0 Å². The average Bonchev–Trinajstić information content (AvgIpc) is 2.96. The maximum absolute atomic E-state index is 14.8. The highest BCUT2D eigenvalue weighted by molar-refractivity contribution is 9.10. The normalized spacial score (nSPS) is 17.8. The number of rotatable bonds is 8. The topological polar surface area (TPSA) is 77.1 Å². The molecule has 0 aliphatic carbocycles. The van der Waals surface area contributed by atoms with Crippen molar-refractivity contribution in [2.24, 2.45) is 0 Å². The van der Waals surface area contributed by atoms with Gasteiger partial charge in [0.2, 0.25) is 0 Å². The Morgan fingerprint density at radius 2 is 1.50 bits per heavy atom. The molecule has 46 heavy (non-hydrogen) atoms. The van der Waals surface area contributed by atoms with Gasteiger partial charge in [-0.15, -0.1) is 0 Å². The number of carbonyl (C=O) groups is 2. The van der Waals surface area contributed by atoms with Crippen LogP contribution in [-0.2, 0) is 24.2 Å². The molecular formula is C36H46BrFN2O5Si. The first-order valence-electron chi connectivity index (χ1n) is 15.6. The van der Waals surface area contributed by atoms with E-state index in [1.807, 2.05) is 36.4 Å². The Morgan fingerprint density at radius 3 is 2.00 bits per heavy atom. The van der Waals surface area contributed by atoms with E-state index in [1.54, 1.807) is 51.7 Å². The molecule has 7 nitrogen and oxygen atoms in total. The molecule has 0 aromatic heterocycles. The fourth-order valence-electron chi connectivity index (χ4n) is 5.97. The molecule has 3 aromatic rings. The summed E-state index contributed by atoms with van der Waals surface area (Å²) in [7, 11) is -2.91. The summed E-state index contributed by atoms with van der Waals surface area (Å²) in [5.41, 5.74) is -1.46. The summed E-state index contributed by atoms with van der Waals surface area (Å²) >= 11 is 3.28. The lowest BCUT2D eigenvalue weighted by Crippen LogP contribution is -2.68. The first-order chi connectivity index (χ1) is 21.4. The second-order valence-corrected chi connectivity index (χ2v) is 19.5. The van der Waals surface area contributed by atoms with Crippen molar-refractivity contribution in [3.8, 4) is 0 Å². The van der Waals surface area contributed by atoms with Crippen LogP contribution in [0.1, 0.15) is 61.0 Å². The summed E-state index contributed by atoms with van der Waals surface area (Å²) in [5, 5.41) is 4.89. The van der Waals surface area contributed by atoms with Crippen LogP contribution < -0.4 is 15.7 Å². The van der Waals surface area contributed by atoms with Gasteiger partial charge in [0.25, 0.3) is 14.2 Å². The molecule has 1 N–H and O–H groups in total. The standard InChI is InChI=1S/C36H46BrFN2O5Si/c1-34(2,3)45-33(42)40-22-31(32(41)39-36(7,8)29-20-19-25(37)21-30(29)38)43-23-26(40)24-44-46(35(4,5)6,27-15-11-9-12-16-27)28-17-13-10-14-18-28/h9-21,26,31H,22-24H2,1-8H3,(H,39,41)/t26-,31-/m0/s1. The summed E-state index contributed by atoms with van der Waals surface area (Å²) in [5.74, 6) is -0.896. The molecule has 1 saturated heterocycles. The molecule has 0 radical (unpaired) electrons. The van der Waals surface area contributed by atoms with Crippen LogP contribution in [0.15, 0.2) is 83.3 Å². The van der Waals surface area contributed by atoms with Gasteiger partial charge in [-0.3, -0.25) is 9.69 Å². The van der Waals surface area contributed by atoms with Crippen LogP contribution in [0.4, 0.5) is 9.18 Å². The van der Waals surface area contributed by atoms with Crippen LogP contribution in [0, 0.1) is 5.82 Å². The Labute approximate surface area is 282 Å². The molecule has 2 amide bonds. The van der Waals surface area contributed by atoms with E-state index in [0.29, 0.717) is 10.0 Å². The van der Waals surface area contributed by atoms with Gasteiger partial charge in [-0.25, -0.2) is 9.18 Å². The fourth-order valence-corrected chi connectivity index (χ4v) is 10.9. The Kier molecular flexibility index (Phi) is 10.9. The molecule has 1 aliphatic rings. The number of hydrogen-bond acceptors (Lipinski definition) is 5. The molecule has 10 heteroatoms. The molecule has 1 fully saturated rings. The van der Waals surface area contributed by atoms with Gasteiger partial charge >= 0.3 is 6.09 Å². The smallest absolute Gasteiger partial charge is 0.410 e. The number of ether oxygens (including phenoxy) is 2. The van der Waals surface area contributed by atoms with E-state index in [1.165, 1.54) is 6.07 Å². The van der Waals surface area contributed by atoms with Crippen molar-refractivity contribution < 1.29 is 27.9 Å². The third-order valence-corrected chi connectivity index (χ3v) is 13.7. The maximum Gasteiger partial charge on any atom is 0.410 e. The van der Waals surface area contributed by atoms with E-state index in [2.05, 4.69) is 66.3 Å². The molecule has 248 valence electrons. The van der Waals surface area contributed by atoms with Crippen LogP contribution in [-0.4, -0.2) is 62.7 Å². The van der Waals surface area contributed by atoms with Gasteiger partial charge in [-0.1, -0.05) is 103 Å². The number of hydrogen-bond donors (Lipinski definition) is 1. The lowest BCUT2D eigenvalue weighted by molar-refractivity contribution is -0.144. The van der Waals surface area contributed by atoms with E-state index in [4.69, 9.17) is 13.9 Å².